The number of hydrogen-bond acceptors (Lipinski definition) is 5. The van der Waals surface area contributed by atoms with Crippen molar-refractivity contribution in [2.24, 2.45) is 0 Å². The molecule has 3 N–H and O–H groups in total. The molecule has 136 valence electrons. The number of carbonyl (C=O) groups excluding carboxylic acids is 1. The number of aromatic nitrogens is 3. The van der Waals surface area contributed by atoms with Crippen molar-refractivity contribution in [2.45, 2.75) is 13.0 Å². The Morgan fingerprint density at radius 2 is 2.08 bits per heavy atom. The normalized spacial score (nSPS) is 11.9. The number of H-pyrrole nitrogens is 1. The van der Waals surface area contributed by atoms with E-state index in [9.17, 15) is 4.79 Å². The molecule has 0 aliphatic carbocycles. The van der Waals surface area contributed by atoms with Gasteiger partial charge in [0.15, 0.2) is 0 Å². The Morgan fingerprint density at radius 1 is 1.27 bits per heavy atom. The van der Waals surface area contributed by atoms with Gasteiger partial charge < -0.3 is 14.8 Å². The molecule has 2 amide bonds. The lowest BCUT2D eigenvalue weighted by molar-refractivity contribution is 0.144. The van der Waals surface area contributed by atoms with Gasteiger partial charge >= 0.3 is 6.03 Å². The SMILES string of the molecule is COCCOc1n[nH]c2cc(NC(=O)N[C@H](C)c3ccccc3)ncc12. The van der Waals surface area contributed by atoms with Crippen LogP contribution in [0.3, 0.4) is 0 Å². The molecule has 0 saturated carbocycles. The van der Waals surface area contributed by atoms with Crippen LogP contribution in [0.25, 0.3) is 10.9 Å². The number of methoxy groups -OCH3 is 1. The summed E-state index contributed by atoms with van der Waals surface area (Å²) in [6.45, 7) is 2.79. The Bertz CT molecular complexity index is 866. The fraction of sp³-hybridized carbons (Fsp3) is 0.278. The van der Waals surface area contributed by atoms with Crippen molar-refractivity contribution in [1.29, 1.82) is 0 Å². The summed E-state index contributed by atoms with van der Waals surface area (Å²) in [4.78, 5) is 16.4. The Morgan fingerprint density at radius 3 is 2.85 bits per heavy atom. The molecule has 2 heterocycles. The van der Waals surface area contributed by atoms with E-state index in [2.05, 4.69) is 25.8 Å². The number of amides is 2. The number of rotatable bonds is 7. The van der Waals surface area contributed by atoms with Crippen LogP contribution < -0.4 is 15.4 Å². The number of urea groups is 1. The molecule has 0 spiro atoms. The van der Waals surface area contributed by atoms with Crippen LogP contribution in [0.4, 0.5) is 10.6 Å². The highest BCUT2D eigenvalue weighted by Crippen LogP contribution is 2.23. The lowest BCUT2D eigenvalue weighted by Gasteiger charge is -2.14. The average molecular weight is 355 g/mol. The van der Waals surface area contributed by atoms with Gasteiger partial charge in [-0.05, 0) is 12.5 Å². The predicted molar refractivity (Wildman–Crippen MR) is 98.3 cm³/mol. The van der Waals surface area contributed by atoms with Gasteiger partial charge in [0, 0.05) is 19.4 Å². The maximum Gasteiger partial charge on any atom is 0.320 e. The van der Waals surface area contributed by atoms with Crippen LogP contribution in [-0.4, -0.2) is 41.5 Å². The summed E-state index contributed by atoms with van der Waals surface area (Å²) in [5.41, 5.74) is 1.75. The van der Waals surface area contributed by atoms with E-state index in [0.29, 0.717) is 24.9 Å². The fourth-order valence-electron chi connectivity index (χ4n) is 2.46. The van der Waals surface area contributed by atoms with Crippen molar-refractivity contribution in [3.05, 3.63) is 48.2 Å². The van der Waals surface area contributed by atoms with Gasteiger partial charge in [-0.15, -0.1) is 5.10 Å². The van der Waals surface area contributed by atoms with Crippen LogP contribution in [-0.2, 0) is 4.74 Å². The minimum Gasteiger partial charge on any atom is -0.474 e. The van der Waals surface area contributed by atoms with Gasteiger partial charge in [-0.2, -0.15) is 0 Å². The van der Waals surface area contributed by atoms with Gasteiger partial charge in [0.25, 0.3) is 0 Å². The quantitative estimate of drug-likeness (QED) is 0.566. The third-order valence-corrected chi connectivity index (χ3v) is 3.83. The zero-order valence-electron chi connectivity index (χ0n) is 14.7. The first kappa shape index (κ1) is 17.7. The number of fused-ring (bicyclic) bond motifs is 1. The number of carbonyl (C=O) groups is 1. The molecule has 26 heavy (non-hydrogen) atoms. The molecule has 0 unspecified atom stereocenters. The molecule has 1 atom stereocenters. The molecule has 1 aromatic carbocycles. The van der Waals surface area contributed by atoms with Crippen LogP contribution >= 0.6 is 0 Å². The van der Waals surface area contributed by atoms with Gasteiger partial charge in [-0.1, -0.05) is 30.3 Å². The number of benzene rings is 1. The molecular formula is C18H21N5O3. The van der Waals surface area contributed by atoms with E-state index in [1.165, 1.54) is 0 Å². The van der Waals surface area contributed by atoms with E-state index in [1.54, 1.807) is 19.4 Å². The van der Waals surface area contributed by atoms with E-state index < -0.39 is 0 Å². The van der Waals surface area contributed by atoms with Gasteiger partial charge in [0.2, 0.25) is 5.88 Å². The Hall–Kier alpha value is -3.13. The molecule has 0 bridgehead atoms. The van der Waals surface area contributed by atoms with Crippen molar-refractivity contribution in [2.75, 3.05) is 25.6 Å². The summed E-state index contributed by atoms with van der Waals surface area (Å²) < 4.78 is 10.5. The molecule has 0 aliphatic heterocycles. The smallest absolute Gasteiger partial charge is 0.320 e. The number of ether oxygens (including phenoxy) is 2. The van der Waals surface area contributed by atoms with Crippen molar-refractivity contribution in [3.63, 3.8) is 0 Å². The van der Waals surface area contributed by atoms with Crippen LogP contribution in [0.5, 0.6) is 5.88 Å². The maximum atomic E-state index is 12.2. The average Bonchev–Trinajstić information content (AvgIpc) is 3.05. The highest BCUT2D eigenvalue weighted by Gasteiger charge is 2.12. The summed E-state index contributed by atoms with van der Waals surface area (Å²) in [6.07, 6.45) is 1.61. The summed E-state index contributed by atoms with van der Waals surface area (Å²) in [5, 5.41) is 13.3. The van der Waals surface area contributed by atoms with Crippen molar-refractivity contribution in [1.82, 2.24) is 20.5 Å². The number of pyridine rings is 1. The Kier molecular flexibility index (Phi) is 5.65. The number of aromatic amines is 1. The number of anilines is 1. The molecule has 8 nitrogen and oxygen atoms in total. The van der Waals surface area contributed by atoms with Gasteiger partial charge in [0.1, 0.15) is 12.4 Å². The topological polar surface area (TPSA) is 101 Å². The largest absolute Gasteiger partial charge is 0.474 e. The molecule has 0 saturated heterocycles. The van der Waals surface area contributed by atoms with E-state index in [-0.39, 0.29) is 12.1 Å². The first-order chi connectivity index (χ1) is 12.7. The number of hydrogen-bond donors (Lipinski definition) is 3. The third-order valence-electron chi connectivity index (χ3n) is 3.83. The second-order valence-corrected chi connectivity index (χ2v) is 5.72. The highest BCUT2D eigenvalue weighted by molar-refractivity contribution is 5.92. The molecular weight excluding hydrogens is 334 g/mol. The lowest BCUT2D eigenvalue weighted by Crippen LogP contribution is -2.31. The van der Waals surface area contributed by atoms with Gasteiger partial charge in [0.05, 0.1) is 23.6 Å². The molecule has 0 aliphatic rings. The van der Waals surface area contributed by atoms with Crippen LogP contribution in [0.1, 0.15) is 18.5 Å². The monoisotopic (exact) mass is 355 g/mol. The van der Waals surface area contributed by atoms with Crippen LogP contribution in [0, 0.1) is 0 Å². The van der Waals surface area contributed by atoms with E-state index in [0.717, 1.165) is 16.5 Å². The Balaban J connectivity index is 1.62. The van der Waals surface area contributed by atoms with Crippen LogP contribution in [0.15, 0.2) is 42.6 Å². The van der Waals surface area contributed by atoms with Crippen molar-refractivity contribution < 1.29 is 14.3 Å². The van der Waals surface area contributed by atoms with E-state index >= 15 is 0 Å². The molecule has 3 rings (SSSR count). The minimum absolute atomic E-state index is 0.118. The molecule has 0 fully saturated rings. The molecule has 0 radical (unpaired) electrons. The summed E-state index contributed by atoms with van der Waals surface area (Å²) in [6, 6.07) is 11.0. The Labute approximate surface area is 150 Å². The summed E-state index contributed by atoms with van der Waals surface area (Å²) >= 11 is 0. The van der Waals surface area contributed by atoms with Gasteiger partial charge in [-0.3, -0.25) is 10.4 Å². The predicted octanol–water partition coefficient (Wildman–Crippen LogP) is 2.87. The minimum atomic E-state index is -0.329. The third kappa shape index (κ3) is 4.28. The summed E-state index contributed by atoms with van der Waals surface area (Å²) in [5.74, 6) is 0.876. The zero-order chi connectivity index (χ0) is 18.4. The van der Waals surface area contributed by atoms with Gasteiger partial charge in [-0.25, -0.2) is 9.78 Å². The fourth-order valence-corrected chi connectivity index (χ4v) is 2.46. The molecule has 8 heteroatoms. The standard InChI is InChI=1S/C18H21N5O3/c1-12(13-6-4-3-5-7-13)20-18(24)21-16-10-15-14(11-19-16)17(23-22-15)26-9-8-25-2/h3-7,10-12H,8-9H2,1-2H3,(H,22,23)(H2,19,20,21,24)/t12-/m1/s1. The highest BCUT2D eigenvalue weighted by atomic mass is 16.5. The molecule has 2 aromatic heterocycles. The van der Waals surface area contributed by atoms with E-state index in [4.69, 9.17) is 9.47 Å². The second-order valence-electron chi connectivity index (χ2n) is 5.72. The van der Waals surface area contributed by atoms with Crippen molar-refractivity contribution in [3.8, 4) is 5.88 Å². The first-order valence-electron chi connectivity index (χ1n) is 8.25. The summed E-state index contributed by atoms with van der Waals surface area (Å²) in [7, 11) is 1.61. The van der Waals surface area contributed by atoms with Crippen LogP contribution in [0.2, 0.25) is 0 Å². The van der Waals surface area contributed by atoms with Crippen molar-refractivity contribution >= 4 is 22.8 Å². The lowest BCUT2D eigenvalue weighted by atomic mass is 10.1. The van der Waals surface area contributed by atoms with E-state index in [1.807, 2.05) is 37.3 Å². The zero-order valence-corrected chi connectivity index (χ0v) is 14.7. The first-order valence-corrected chi connectivity index (χ1v) is 8.25. The molecule has 3 aromatic rings. The second kappa shape index (κ2) is 8.30. The number of nitrogens with zero attached hydrogens (tertiary/aromatic N) is 2. The maximum absolute atomic E-state index is 12.2. The number of nitrogens with one attached hydrogen (secondary N) is 3.